The normalized spacial score (nSPS) is 16.1. The number of nitrogens with one attached hydrogen (secondary N) is 1. The number of anilines is 1. The highest BCUT2D eigenvalue weighted by molar-refractivity contribution is 9.10. The van der Waals surface area contributed by atoms with E-state index in [1.807, 2.05) is 51.1 Å². The molecule has 1 N–H and O–H groups in total. The van der Waals surface area contributed by atoms with Gasteiger partial charge in [-0.3, -0.25) is 4.79 Å². The molecule has 3 rings (SSSR count). The summed E-state index contributed by atoms with van der Waals surface area (Å²) in [6.07, 6.45) is 1.03. The van der Waals surface area contributed by atoms with Crippen molar-refractivity contribution in [2.75, 3.05) is 18.4 Å². The van der Waals surface area contributed by atoms with Gasteiger partial charge in [0.25, 0.3) is 0 Å². The Morgan fingerprint density at radius 3 is 2.25 bits per heavy atom. The molecular weight excluding hydrogens is 440 g/mol. The molecule has 0 saturated carbocycles. The van der Waals surface area contributed by atoms with E-state index in [1.54, 1.807) is 6.07 Å². The van der Waals surface area contributed by atoms with Crippen LogP contribution in [-0.2, 0) is 14.8 Å². The van der Waals surface area contributed by atoms with Gasteiger partial charge in [0.05, 0.1) is 10.6 Å². The lowest BCUT2D eigenvalue weighted by Crippen LogP contribution is -2.41. The van der Waals surface area contributed by atoms with Gasteiger partial charge in [-0.25, -0.2) is 8.42 Å². The molecule has 7 heteroatoms. The number of piperidine rings is 1. The first kappa shape index (κ1) is 21.0. The number of amides is 1. The summed E-state index contributed by atoms with van der Waals surface area (Å²) in [7, 11) is -3.53. The number of hydrogen-bond donors (Lipinski definition) is 1. The minimum Gasteiger partial charge on any atom is -0.325 e. The summed E-state index contributed by atoms with van der Waals surface area (Å²) in [6, 6.07) is 11.1. The second kappa shape index (κ2) is 8.35. The van der Waals surface area contributed by atoms with Gasteiger partial charge in [0.15, 0.2) is 0 Å². The Kier molecular flexibility index (Phi) is 6.27. The van der Waals surface area contributed by atoms with Crippen molar-refractivity contribution in [3.63, 3.8) is 0 Å². The van der Waals surface area contributed by atoms with Crippen LogP contribution in [0, 0.1) is 26.7 Å². The van der Waals surface area contributed by atoms with Gasteiger partial charge in [0.2, 0.25) is 15.9 Å². The minimum absolute atomic E-state index is 0.0619. The molecule has 0 atom stereocenters. The molecule has 1 fully saturated rings. The summed E-state index contributed by atoms with van der Waals surface area (Å²) in [5.74, 6) is -0.258. The zero-order chi connectivity index (χ0) is 20.5. The van der Waals surface area contributed by atoms with Crippen LogP contribution >= 0.6 is 15.9 Å². The molecule has 0 aliphatic carbocycles. The molecule has 0 unspecified atom stereocenters. The second-order valence-electron chi connectivity index (χ2n) is 7.42. The Morgan fingerprint density at radius 1 is 1.04 bits per heavy atom. The molecule has 1 saturated heterocycles. The average molecular weight is 465 g/mol. The van der Waals surface area contributed by atoms with Crippen LogP contribution in [0.5, 0.6) is 0 Å². The molecule has 5 nitrogen and oxygen atoms in total. The van der Waals surface area contributed by atoms with Crippen molar-refractivity contribution >= 4 is 37.5 Å². The van der Waals surface area contributed by atoms with Crippen LogP contribution in [0.15, 0.2) is 45.8 Å². The predicted molar refractivity (Wildman–Crippen MR) is 115 cm³/mol. The molecule has 0 aromatic heterocycles. The van der Waals surface area contributed by atoms with Crippen LogP contribution in [0.25, 0.3) is 0 Å². The summed E-state index contributed by atoms with van der Waals surface area (Å²) >= 11 is 3.47. The van der Waals surface area contributed by atoms with Crippen LogP contribution < -0.4 is 5.32 Å². The summed E-state index contributed by atoms with van der Waals surface area (Å²) in [4.78, 5) is 13.0. The third-order valence-corrected chi connectivity index (χ3v) is 7.87. The van der Waals surface area contributed by atoms with E-state index in [1.165, 1.54) is 4.31 Å². The van der Waals surface area contributed by atoms with Crippen LogP contribution in [-0.4, -0.2) is 31.7 Å². The number of aryl methyl sites for hydroxylation is 3. The molecule has 0 spiro atoms. The maximum Gasteiger partial charge on any atom is 0.243 e. The van der Waals surface area contributed by atoms with E-state index in [-0.39, 0.29) is 11.8 Å². The first-order valence-electron chi connectivity index (χ1n) is 9.33. The standard InChI is InChI=1S/C21H25BrN2O3S/c1-14-5-7-20(16(3)12-14)28(26,27)24-10-8-17(9-11-24)21(25)23-19-6-4-15(2)13-18(19)22/h4-7,12-13,17H,8-11H2,1-3H3,(H,23,25). The number of carbonyl (C=O) groups is 1. The Bertz CT molecular complexity index is 997. The fourth-order valence-corrected chi connectivity index (χ4v) is 5.81. The molecule has 0 bridgehead atoms. The summed E-state index contributed by atoms with van der Waals surface area (Å²) in [5.41, 5.74) is 3.63. The van der Waals surface area contributed by atoms with Crippen LogP contribution in [0.1, 0.15) is 29.5 Å². The number of sulfonamides is 1. The third-order valence-electron chi connectivity index (χ3n) is 5.16. The van der Waals surface area contributed by atoms with Crippen molar-refractivity contribution in [2.24, 2.45) is 5.92 Å². The molecular formula is C21H25BrN2O3S. The number of rotatable bonds is 4. The van der Waals surface area contributed by atoms with E-state index in [0.717, 1.165) is 26.9 Å². The van der Waals surface area contributed by atoms with Crippen LogP contribution in [0.4, 0.5) is 5.69 Å². The van der Waals surface area contributed by atoms with Crippen LogP contribution in [0.3, 0.4) is 0 Å². The minimum atomic E-state index is -3.53. The van der Waals surface area contributed by atoms with Gasteiger partial charge in [-0.15, -0.1) is 0 Å². The maximum atomic E-state index is 13.0. The van der Waals surface area contributed by atoms with Gasteiger partial charge in [0, 0.05) is 23.5 Å². The number of benzene rings is 2. The van der Waals surface area contributed by atoms with E-state index in [0.29, 0.717) is 30.8 Å². The lowest BCUT2D eigenvalue weighted by atomic mass is 9.97. The summed E-state index contributed by atoms with van der Waals surface area (Å²) in [5, 5.41) is 2.95. The lowest BCUT2D eigenvalue weighted by Gasteiger charge is -2.31. The van der Waals surface area contributed by atoms with E-state index in [4.69, 9.17) is 0 Å². The zero-order valence-electron chi connectivity index (χ0n) is 16.3. The number of carbonyl (C=O) groups excluding carboxylic acids is 1. The van der Waals surface area contributed by atoms with Gasteiger partial charge in [-0.1, -0.05) is 23.8 Å². The molecule has 28 heavy (non-hydrogen) atoms. The molecule has 150 valence electrons. The molecule has 2 aromatic rings. The van der Waals surface area contributed by atoms with Gasteiger partial charge >= 0.3 is 0 Å². The van der Waals surface area contributed by atoms with E-state index in [9.17, 15) is 13.2 Å². The van der Waals surface area contributed by atoms with Crippen molar-refractivity contribution in [2.45, 2.75) is 38.5 Å². The molecule has 1 heterocycles. The molecule has 1 aliphatic heterocycles. The predicted octanol–water partition coefficient (Wildman–Crippen LogP) is 4.41. The highest BCUT2D eigenvalue weighted by Crippen LogP contribution is 2.28. The molecule has 1 aliphatic rings. The van der Waals surface area contributed by atoms with Gasteiger partial charge in [-0.05, 0) is 78.9 Å². The summed E-state index contributed by atoms with van der Waals surface area (Å²) in [6.45, 7) is 6.45. The topological polar surface area (TPSA) is 66.5 Å². The highest BCUT2D eigenvalue weighted by Gasteiger charge is 2.33. The van der Waals surface area contributed by atoms with Gasteiger partial charge in [-0.2, -0.15) is 4.31 Å². The zero-order valence-corrected chi connectivity index (χ0v) is 18.7. The third kappa shape index (κ3) is 4.47. The number of nitrogens with zero attached hydrogens (tertiary/aromatic N) is 1. The monoisotopic (exact) mass is 464 g/mol. The van der Waals surface area contributed by atoms with Crippen molar-refractivity contribution in [1.82, 2.24) is 4.31 Å². The average Bonchev–Trinajstić information content (AvgIpc) is 2.63. The summed E-state index contributed by atoms with van der Waals surface area (Å²) < 4.78 is 28.3. The second-order valence-corrected chi connectivity index (χ2v) is 10.2. The van der Waals surface area contributed by atoms with Crippen molar-refractivity contribution < 1.29 is 13.2 Å². The lowest BCUT2D eigenvalue weighted by molar-refractivity contribution is -0.120. The van der Waals surface area contributed by atoms with Crippen LogP contribution in [0.2, 0.25) is 0 Å². The first-order valence-corrected chi connectivity index (χ1v) is 11.6. The first-order chi connectivity index (χ1) is 13.2. The Labute approximate surface area is 175 Å². The van der Waals surface area contributed by atoms with Crippen molar-refractivity contribution in [1.29, 1.82) is 0 Å². The number of hydrogen-bond acceptors (Lipinski definition) is 3. The largest absolute Gasteiger partial charge is 0.325 e. The molecule has 0 radical (unpaired) electrons. The molecule has 1 amide bonds. The quantitative estimate of drug-likeness (QED) is 0.728. The maximum absolute atomic E-state index is 13.0. The molecule has 2 aromatic carbocycles. The Hall–Kier alpha value is -1.70. The van der Waals surface area contributed by atoms with Crippen molar-refractivity contribution in [3.05, 3.63) is 57.6 Å². The SMILES string of the molecule is Cc1ccc(S(=O)(=O)N2CCC(C(=O)Nc3ccc(C)cc3Br)CC2)c(C)c1. The highest BCUT2D eigenvalue weighted by atomic mass is 79.9. The van der Waals surface area contributed by atoms with Gasteiger partial charge in [0.1, 0.15) is 0 Å². The van der Waals surface area contributed by atoms with Gasteiger partial charge < -0.3 is 5.32 Å². The Morgan fingerprint density at radius 2 is 1.64 bits per heavy atom. The van der Waals surface area contributed by atoms with E-state index < -0.39 is 10.0 Å². The van der Waals surface area contributed by atoms with E-state index >= 15 is 0 Å². The fourth-order valence-electron chi connectivity index (χ4n) is 3.54. The number of halogens is 1. The Balaban J connectivity index is 1.65. The van der Waals surface area contributed by atoms with E-state index in [2.05, 4.69) is 21.2 Å². The smallest absolute Gasteiger partial charge is 0.243 e. The fraction of sp³-hybridized carbons (Fsp3) is 0.381. The van der Waals surface area contributed by atoms with Crippen molar-refractivity contribution in [3.8, 4) is 0 Å².